The van der Waals surface area contributed by atoms with Crippen LogP contribution < -0.4 is 0 Å². The van der Waals surface area contributed by atoms with Gasteiger partial charge in [-0.2, -0.15) is 26.0 Å². The quantitative estimate of drug-likeness (QED) is 0.675. The van der Waals surface area contributed by atoms with Gasteiger partial charge in [-0.05, 0) is 30.3 Å². The van der Waals surface area contributed by atoms with Crippen molar-refractivity contribution in [1.29, 1.82) is 0 Å². The predicted molar refractivity (Wildman–Crippen MR) is 68.3 cm³/mol. The molecule has 2 heteroatoms. The summed E-state index contributed by atoms with van der Waals surface area (Å²) in [6, 6.07) is 8.46. The summed E-state index contributed by atoms with van der Waals surface area (Å²) >= 11 is 0. The summed E-state index contributed by atoms with van der Waals surface area (Å²) in [5.74, 6) is 0. The molecule has 0 bridgehead atoms. The van der Waals surface area contributed by atoms with E-state index in [2.05, 4.69) is 29.4 Å². The van der Waals surface area contributed by atoms with E-state index in [-0.39, 0.29) is 32.7 Å². The van der Waals surface area contributed by atoms with Crippen LogP contribution in [-0.2, 0) is 45.6 Å². The topological polar surface area (TPSA) is 12.9 Å². The molecule has 2 aromatic rings. The van der Waals surface area contributed by atoms with Gasteiger partial charge in [0.25, 0.3) is 0 Å². The van der Waals surface area contributed by atoms with Gasteiger partial charge in [-0.3, -0.25) is 0 Å². The zero-order valence-electron chi connectivity index (χ0n) is 10.5. The first kappa shape index (κ1) is 14.8. The van der Waals surface area contributed by atoms with E-state index in [1.165, 1.54) is 35.8 Å². The van der Waals surface area contributed by atoms with Crippen molar-refractivity contribution in [2.45, 2.75) is 33.1 Å². The molecule has 0 spiro atoms. The standard InChI is InChI=1S/C12H10N.C3H7.Y/c1-3-9-7-11-5-2-6-13-12(11)8-10(9)4-1;1-3-2;/h2,5,7-8H,1,3-4H2;3H,1-2H3;/q2*-1;. The van der Waals surface area contributed by atoms with E-state index < -0.39 is 0 Å². The van der Waals surface area contributed by atoms with Gasteiger partial charge >= 0.3 is 0 Å². The number of nitrogens with zero attached hydrogens (tertiary/aromatic N) is 1. The van der Waals surface area contributed by atoms with Crippen LogP contribution in [0.3, 0.4) is 0 Å². The van der Waals surface area contributed by atoms with Crippen molar-refractivity contribution in [1.82, 2.24) is 4.98 Å². The van der Waals surface area contributed by atoms with Crippen LogP contribution in [0.25, 0.3) is 10.9 Å². The number of benzene rings is 1. The summed E-state index contributed by atoms with van der Waals surface area (Å²) in [6.45, 7) is 4.00. The number of pyridine rings is 1. The molecule has 0 saturated carbocycles. The first-order chi connectivity index (χ1) is 7.85. The number of rotatable bonds is 0. The third-order valence-electron chi connectivity index (χ3n) is 2.76. The van der Waals surface area contributed by atoms with Crippen LogP contribution in [0, 0.1) is 12.6 Å². The Hall–Kier alpha value is -0.266. The first-order valence-corrected chi connectivity index (χ1v) is 5.87. The van der Waals surface area contributed by atoms with Crippen molar-refractivity contribution >= 4 is 10.9 Å². The minimum absolute atomic E-state index is 0. The van der Waals surface area contributed by atoms with Crippen LogP contribution in [0.4, 0.5) is 0 Å². The first-order valence-electron chi connectivity index (χ1n) is 5.87. The van der Waals surface area contributed by atoms with Crippen molar-refractivity contribution in [3.8, 4) is 0 Å². The van der Waals surface area contributed by atoms with Crippen LogP contribution in [0.15, 0.2) is 24.3 Å². The Morgan fingerprint density at radius 2 is 1.82 bits per heavy atom. The molecule has 0 N–H and O–H groups in total. The molecule has 0 unspecified atom stereocenters. The largest absolute Gasteiger partial charge is 0.386 e. The van der Waals surface area contributed by atoms with Crippen LogP contribution >= 0.6 is 0 Å². The smallest absolute Gasteiger partial charge is 0 e. The number of fused-ring (bicyclic) bond motifs is 2. The molecule has 1 radical (unpaired) electrons. The van der Waals surface area contributed by atoms with Crippen molar-refractivity contribution < 1.29 is 32.7 Å². The summed E-state index contributed by atoms with van der Waals surface area (Å²) in [7, 11) is 0. The summed E-state index contributed by atoms with van der Waals surface area (Å²) < 4.78 is 0. The predicted octanol–water partition coefficient (Wildman–Crippen LogP) is 3.75. The van der Waals surface area contributed by atoms with E-state index in [4.69, 9.17) is 0 Å². The zero-order chi connectivity index (χ0) is 11.4. The van der Waals surface area contributed by atoms with Crippen LogP contribution in [0.5, 0.6) is 0 Å². The molecule has 1 aromatic heterocycles. The van der Waals surface area contributed by atoms with E-state index in [1.807, 2.05) is 26.3 Å². The maximum Gasteiger partial charge on any atom is 0 e. The van der Waals surface area contributed by atoms with Crippen molar-refractivity contribution in [3.05, 3.63) is 48.0 Å². The molecule has 1 aliphatic rings. The van der Waals surface area contributed by atoms with Gasteiger partial charge in [0.1, 0.15) is 0 Å². The second-order valence-corrected chi connectivity index (χ2v) is 4.18. The Kier molecular flexibility index (Phi) is 6.29. The Morgan fingerprint density at radius 3 is 2.53 bits per heavy atom. The summed E-state index contributed by atoms with van der Waals surface area (Å²) in [5.41, 5.74) is 4.09. The molecule has 0 saturated heterocycles. The fraction of sp³-hybridized carbons (Fsp3) is 0.333. The van der Waals surface area contributed by atoms with Gasteiger partial charge in [-0.1, -0.05) is 23.9 Å². The van der Waals surface area contributed by atoms with E-state index in [9.17, 15) is 0 Å². The van der Waals surface area contributed by atoms with Crippen molar-refractivity contribution in [2.24, 2.45) is 0 Å². The maximum atomic E-state index is 4.23. The SMILES string of the molecule is C[CH-]C.[Y].[c-]1ccc2cc3c(cc2n1)CCC3. The van der Waals surface area contributed by atoms with Gasteiger partial charge in [0.05, 0.1) is 0 Å². The number of aryl methyl sites for hydroxylation is 2. The van der Waals surface area contributed by atoms with Crippen molar-refractivity contribution in [3.63, 3.8) is 0 Å². The minimum atomic E-state index is 0. The molecule has 0 amide bonds. The molecule has 0 fully saturated rings. The average Bonchev–Trinajstić information content (AvgIpc) is 2.74. The Balaban J connectivity index is 0.000000331. The van der Waals surface area contributed by atoms with Gasteiger partial charge in [-0.15, -0.1) is 5.39 Å². The third kappa shape index (κ3) is 3.59. The number of hydrogen-bond acceptors (Lipinski definition) is 1. The summed E-state index contributed by atoms with van der Waals surface area (Å²) in [5, 5.41) is 1.25. The molecular weight excluding hydrogens is 283 g/mol. The van der Waals surface area contributed by atoms with Gasteiger partial charge < -0.3 is 11.4 Å². The van der Waals surface area contributed by atoms with Crippen LogP contribution in [0.2, 0.25) is 0 Å². The number of aromatic nitrogens is 1. The van der Waals surface area contributed by atoms with E-state index in [0.717, 1.165) is 5.52 Å². The molecule has 1 aromatic carbocycles. The molecule has 1 nitrogen and oxygen atoms in total. The van der Waals surface area contributed by atoms with E-state index >= 15 is 0 Å². The Labute approximate surface area is 129 Å². The molecule has 0 atom stereocenters. The Bertz CT molecular complexity index is 437. The second kappa shape index (κ2) is 7.23. The van der Waals surface area contributed by atoms with E-state index in [0.29, 0.717) is 0 Å². The Morgan fingerprint density at radius 1 is 1.18 bits per heavy atom. The molecule has 1 heterocycles. The third-order valence-corrected chi connectivity index (χ3v) is 2.76. The maximum absolute atomic E-state index is 4.23. The normalized spacial score (nSPS) is 12.4. The second-order valence-electron chi connectivity index (χ2n) is 4.18. The van der Waals surface area contributed by atoms with Crippen LogP contribution in [-0.4, -0.2) is 4.98 Å². The monoisotopic (exact) mass is 300 g/mol. The molecule has 87 valence electrons. The molecular formula is C15H17NY-2. The van der Waals surface area contributed by atoms with Crippen molar-refractivity contribution in [2.75, 3.05) is 0 Å². The summed E-state index contributed by atoms with van der Waals surface area (Å²) in [6.07, 6.45) is 8.64. The van der Waals surface area contributed by atoms with Gasteiger partial charge in [0.2, 0.25) is 0 Å². The van der Waals surface area contributed by atoms with E-state index in [1.54, 1.807) is 0 Å². The molecule has 3 rings (SSSR count). The molecule has 17 heavy (non-hydrogen) atoms. The minimum Gasteiger partial charge on any atom is -0.386 e. The fourth-order valence-corrected chi connectivity index (χ4v) is 2.09. The van der Waals surface area contributed by atoms with Gasteiger partial charge in [-0.25, -0.2) is 0 Å². The average molecular weight is 300 g/mol. The number of hydrogen-bond donors (Lipinski definition) is 0. The molecule has 0 aliphatic heterocycles. The van der Waals surface area contributed by atoms with Crippen LogP contribution in [0.1, 0.15) is 31.4 Å². The van der Waals surface area contributed by atoms with Gasteiger partial charge in [0.15, 0.2) is 0 Å². The molecule has 1 aliphatic carbocycles. The fourth-order valence-electron chi connectivity index (χ4n) is 2.09. The van der Waals surface area contributed by atoms with Gasteiger partial charge in [0, 0.05) is 32.7 Å². The zero-order valence-corrected chi connectivity index (χ0v) is 13.4. The summed E-state index contributed by atoms with van der Waals surface area (Å²) in [4.78, 5) is 4.23.